The first-order valence-electron chi connectivity index (χ1n) is 17.6. The summed E-state index contributed by atoms with van der Waals surface area (Å²) in [6, 6.07) is 50.5. The highest BCUT2D eigenvalue weighted by Gasteiger charge is 2.42. The predicted octanol–water partition coefficient (Wildman–Crippen LogP) is 10.6. The van der Waals surface area contributed by atoms with E-state index in [0.29, 0.717) is 16.7 Å². The van der Waals surface area contributed by atoms with Gasteiger partial charge in [0, 0.05) is 0 Å². The van der Waals surface area contributed by atoms with E-state index in [1.807, 2.05) is 91.0 Å². The van der Waals surface area contributed by atoms with E-state index in [4.69, 9.17) is 0 Å². The lowest BCUT2D eigenvalue weighted by Crippen LogP contribution is -2.74. The molecule has 0 aromatic heterocycles. The van der Waals surface area contributed by atoms with E-state index in [1.165, 1.54) is 54.6 Å². The summed E-state index contributed by atoms with van der Waals surface area (Å²) in [5.41, 5.74) is 2.58. The van der Waals surface area contributed by atoms with Crippen molar-refractivity contribution in [1.29, 1.82) is 0 Å². The number of hydrogen-bond acceptors (Lipinski definition) is 0. The van der Waals surface area contributed by atoms with Crippen molar-refractivity contribution >= 4 is 28.8 Å². The number of hydrogen-bond donors (Lipinski definition) is 0. The summed E-state index contributed by atoms with van der Waals surface area (Å²) in [5, 5.41) is 3.41. The van der Waals surface area contributed by atoms with Crippen LogP contribution in [-0.2, 0) is 0 Å². The van der Waals surface area contributed by atoms with Crippen LogP contribution in [0.1, 0.15) is 0 Å². The zero-order valence-electron chi connectivity index (χ0n) is 29.1. The predicted molar refractivity (Wildman–Crippen MR) is 212 cm³/mol. The van der Waals surface area contributed by atoms with Gasteiger partial charge >= 0.3 is 0 Å². The molecule has 0 spiro atoms. The average Bonchev–Trinajstić information content (AvgIpc) is 3.20. The minimum Gasteiger partial charge on any atom is -0.206 e. The highest BCUT2D eigenvalue weighted by atomic mass is 28.3. The van der Waals surface area contributed by atoms with E-state index in [1.54, 1.807) is 36.4 Å². The number of halogens is 6. The van der Waals surface area contributed by atoms with Gasteiger partial charge in [-0.3, -0.25) is 0 Å². The molecule has 0 aliphatic rings. The zero-order chi connectivity index (χ0) is 38.1. The van der Waals surface area contributed by atoms with Crippen LogP contribution in [0.25, 0.3) is 44.5 Å². The molecule has 55 heavy (non-hydrogen) atoms. The van der Waals surface area contributed by atoms with E-state index in [9.17, 15) is 26.3 Å². The van der Waals surface area contributed by atoms with Crippen LogP contribution in [0.2, 0.25) is 0 Å². The zero-order valence-corrected chi connectivity index (χ0v) is 30.1. The Morgan fingerprint density at radius 3 is 0.727 bits per heavy atom. The monoisotopic (exact) mass is 748 g/mol. The molecule has 0 radical (unpaired) electrons. The van der Waals surface area contributed by atoms with Crippen molar-refractivity contribution in [3.05, 3.63) is 217 Å². The fraction of sp³-hybridized carbons (Fsp3) is 0. The van der Waals surface area contributed by atoms with Crippen LogP contribution in [0.3, 0.4) is 0 Å². The Balaban J connectivity index is 1.38. The first-order valence-corrected chi connectivity index (χ1v) is 19.6. The minimum absolute atomic E-state index is 0.152. The van der Waals surface area contributed by atoms with Crippen LogP contribution in [0.15, 0.2) is 182 Å². The Morgan fingerprint density at radius 1 is 0.218 bits per heavy atom. The summed E-state index contributed by atoms with van der Waals surface area (Å²) in [6.45, 7) is 0. The van der Waals surface area contributed by atoms with Gasteiger partial charge in [0.1, 0.15) is 34.9 Å². The molecule has 0 atom stereocenters. The maximum atomic E-state index is 15.0. The van der Waals surface area contributed by atoms with E-state index in [2.05, 4.69) is 0 Å². The molecule has 0 heterocycles. The van der Waals surface area contributed by atoms with Crippen molar-refractivity contribution in [3.8, 4) is 44.5 Å². The highest BCUT2D eigenvalue weighted by Crippen LogP contribution is 2.29. The van der Waals surface area contributed by atoms with Crippen molar-refractivity contribution in [2.75, 3.05) is 0 Å². The molecule has 0 aliphatic heterocycles. The first kappa shape index (κ1) is 35.6. The quantitative estimate of drug-likeness (QED) is 0.0825. The van der Waals surface area contributed by atoms with Gasteiger partial charge in [0.25, 0.3) is 0 Å². The fourth-order valence-corrected chi connectivity index (χ4v) is 12.2. The molecular formula is C48H30F6Si. The van der Waals surface area contributed by atoms with Gasteiger partial charge in [-0.2, -0.15) is 0 Å². The second-order valence-electron chi connectivity index (χ2n) is 13.2. The molecule has 268 valence electrons. The van der Waals surface area contributed by atoms with Crippen LogP contribution in [0.4, 0.5) is 26.3 Å². The summed E-state index contributed by atoms with van der Waals surface area (Å²) < 4.78 is 89.8. The molecule has 0 N–H and O–H groups in total. The molecule has 8 aromatic carbocycles. The van der Waals surface area contributed by atoms with Crippen molar-refractivity contribution in [3.63, 3.8) is 0 Å². The van der Waals surface area contributed by atoms with Gasteiger partial charge in [0.2, 0.25) is 0 Å². The lowest BCUT2D eigenvalue weighted by Gasteiger charge is -2.35. The second-order valence-corrected chi connectivity index (χ2v) is 17.0. The first-order chi connectivity index (χ1) is 26.8. The summed E-state index contributed by atoms with van der Waals surface area (Å²) in [7, 11) is -3.44. The molecule has 0 saturated carbocycles. The van der Waals surface area contributed by atoms with Crippen LogP contribution < -0.4 is 20.7 Å². The molecule has 0 saturated heterocycles. The topological polar surface area (TPSA) is 0 Å². The van der Waals surface area contributed by atoms with Gasteiger partial charge in [-0.1, -0.05) is 146 Å². The molecule has 0 unspecified atom stereocenters. The van der Waals surface area contributed by atoms with E-state index >= 15 is 0 Å². The van der Waals surface area contributed by atoms with Gasteiger partial charge in [0.05, 0.1) is 16.7 Å². The molecule has 0 fully saturated rings. The molecule has 8 rings (SSSR count). The molecular weight excluding hydrogens is 719 g/mol. The third-order valence-electron chi connectivity index (χ3n) is 10.1. The minimum atomic E-state index is -3.44. The molecule has 0 bridgehead atoms. The number of rotatable bonds is 8. The van der Waals surface area contributed by atoms with Crippen LogP contribution in [-0.4, -0.2) is 8.07 Å². The summed E-state index contributed by atoms with van der Waals surface area (Å²) in [4.78, 5) is 0. The molecule has 0 nitrogen and oxygen atoms in total. The normalized spacial score (nSPS) is 11.5. The maximum absolute atomic E-state index is 15.0. The SMILES string of the molecule is Fc1cccc(F)c1-c1ccc([Si](c2ccc(-c3ccccc3)cc2)(c2ccc(-c3c(F)cccc3F)cc2)c2ccc(-c3c(F)cccc3F)cc2)cc1. The van der Waals surface area contributed by atoms with Gasteiger partial charge in [-0.15, -0.1) is 0 Å². The Labute approximate surface area is 315 Å². The standard InChI is InChI=1S/C48H30F6Si/c49-40-9-4-10-41(50)46(40)33-17-25-37(26-18-33)55(36-23-15-32(16-24-36)31-7-2-1-3-8-31,38-27-19-34(20-28-38)47-42(51)11-5-12-43(47)52)39-29-21-35(22-30-39)48-44(53)13-6-14-45(48)54/h1-30H. The second kappa shape index (κ2) is 14.8. The Morgan fingerprint density at radius 2 is 0.455 bits per heavy atom. The van der Waals surface area contributed by atoms with Crippen LogP contribution >= 0.6 is 0 Å². The van der Waals surface area contributed by atoms with E-state index in [-0.39, 0.29) is 16.7 Å². The molecule has 7 heteroatoms. The third kappa shape index (κ3) is 6.47. The summed E-state index contributed by atoms with van der Waals surface area (Å²) >= 11 is 0. The van der Waals surface area contributed by atoms with Gasteiger partial charge < -0.3 is 0 Å². The van der Waals surface area contributed by atoms with Crippen molar-refractivity contribution < 1.29 is 26.3 Å². The van der Waals surface area contributed by atoms with Crippen LogP contribution in [0, 0.1) is 34.9 Å². The third-order valence-corrected chi connectivity index (χ3v) is 14.9. The van der Waals surface area contributed by atoms with Gasteiger partial charge in [-0.25, -0.2) is 26.3 Å². The summed E-state index contributed by atoms with van der Waals surface area (Å²) in [6.07, 6.45) is 0. The Bertz CT molecular complexity index is 2330. The van der Waals surface area contributed by atoms with Crippen molar-refractivity contribution in [2.45, 2.75) is 0 Å². The Hall–Kier alpha value is -6.44. The molecule has 0 aliphatic carbocycles. The van der Waals surface area contributed by atoms with Gasteiger partial charge in [0.15, 0.2) is 8.07 Å². The fourth-order valence-electron chi connectivity index (χ4n) is 7.52. The average molecular weight is 749 g/mol. The van der Waals surface area contributed by atoms with Crippen molar-refractivity contribution in [2.24, 2.45) is 0 Å². The van der Waals surface area contributed by atoms with E-state index in [0.717, 1.165) is 31.9 Å². The van der Waals surface area contributed by atoms with Crippen LogP contribution in [0.5, 0.6) is 0 Å². The lowest BCUT2D eigenvalue weighted by molar-refractivity contribution is 0.589. The lowest BCUT2D eigenvalue weighted by atomic mass is 10.0. The molecule has 8 aromatic rings. The molecule has 0 amide bonds. The summed E-state index contributed by atoms with van der Waals surface area (Å²) in [5.74, 6) is -4.17. The highest BCUT2D eigenvalue weighted by molar-refractivity contribution is 7.19. The van der Waals surface area contributed by atoms with Crippen molar-refractivity contribution in [1.82, 2.24) is 0 Å². The Kier molecular flexibility index (Phi) is 9.55. The maximum Gasteiger partial charge on any atom is 0.179 e. The van der Waals surface area contributed by atoms with Gasteiger partial charge in [-0.05, 0) is 85.0 Å². The number of benzene rings is 8. The van der Waals surface area contributed by atoms with E-state index < -0.39 is 43.0 Å². The smallest absolute Gasteiger partial charge is 0.179 e. The largest absolute Gasteiger partial charge is 0.206 e.